The number of nitrogens with one attached hydrogen (secondary N) is 1. The van der Waals surface area contributed by atoms with Crippen LogP contribution in [0.25, 0.3) is 11.3 Å². The minimum Gasteiger partial charge on any atom is -0.441 e. The molecule has 5 heteroatoms. The van der Waals surface area contributed by atoms with E-state index in [-0.39, 0.29) is 5.91 Å². The minimum atomic E-state index is -0.0597. The highest BCUT2D eigenvalue weighted by Gasteiger charge is 2.21. The summed E-state index contributed by atoms with van der Waals surface area (Å²) < 4.78 is 11.5. The zero-order valence-electron chi connectivity index (χ0n) is 15.8. The number of rotatable bonds is 9. The average molecular weight is 376 g/mol. The number of hydrogen-bond donors (Lipinski definition) is 1. The molecule has 1 aliphatic rings. The van der Waals surface area contributed by atoms with E-state index in [0.717, 1.165) is 35.1 Å². The topological polar surface area (TPSA) is 64.4 Å². The van der Waals surface area contributed by atoms with Gasteiger partial charge in [0.15, 0.2) is 11.7 Å². The number of aromatic nitrogens is 1. The lowest BCUT2D eigenvalue weighted by atomic mass is 10.2. The number of benzene rings is 2. The van der Waals surface area contributed by atoms with Crippen molar-refractivity contribution in [3.8, 4) is 11.3 Å². The Kier molecular flexibility index (Phi) is 5.83. The van der Waals surface area contributed by atoms with E-state index in [2.05, 4.69) is 10.3 Å². The van der Waals surface area contributed by atoms with Gasteiger partial charge in [0, 0.05) is 30.7 Å². The normalized spacial score (nSPS) is 13.4. The molecule has 4 rings (SSSR count). The summed E-state index contributed by atoms with van der Waals surface area (Å²) in [4.78, 5) is 16.5. The van der Waals surface area contributed by atoms with E-state index in [4.69, 9.17) is 9.15 Å². The van der Waals surface area contributed by atoms with Gasteiger partial charge in [0.2, 0.25) is 5.91 Å². The fraction of sp³-hybridized carbons (Fsp3) is 0.304. The molecule has 5 nitrogen and oxygen atoms in total. The van der Waals surface area contributed by atoms with Crippen LogP contribution in [0.15, 0.2) is 65.2 Å². The Balaban J connectivity index is 1.26. The second-order valence-electron chi connectivity index (χ2n) is 7.19. The average Bonchev–Trinajstić information content (AvgIpc) is 3.42. The number of anilines is 1. The zero-order chi connectivity index (χ0) is 19.2. The van der Waals surface area contributed by atoms with E-state index in [1.54, 1.807) is 6.20 Å². The summed E-state index contributed by atoms with van der Waals surface area (Å²) in [6, 6.07) is 17.6. The molecule has 1 fully saturated rings. The summed E-state index contributed by atoms with van der Waals surface area (Å²) in [5.74, 6) is 1.97. The Morgan fingerprint density at radius 2 is 2.00 bits per heavy atom. The maximum absolute atomic E-state index is 12.3. The third-order valence-electron chi connectivity index (χ3n) is 4.71. The van der Waals surface area contributed by atoms with Crippen molar-refractivity contribution in [1.82, 2.24) is 4.98 Å². The van der Waals surface area contributed by atoms with Crippen LogP contribution >= 0.6 is 0 Å². The first-order valence-electron chi connectivity index (χ1n) is 9.73. The van der Waals surface area contributed by atoms with E-state index >= 15 is 0 Å². The van der Waals surface area contributed by atoms with Crippen LogP contribution in [-0.4, -0.2) is 17.5 Å². The van der Waals surface area contributed by atoms with Crippen molar-refractivity contribution in [2.24, 2.45) is 5.92 Å². The highest BCUT2D eigenvalue weighted by molar-refractivity contribution is 5.90. The number of ether oxygens (including phenoxy) is 1. The van der Waals surface area contributed by atoms with E-state index in [9.17, 15) is 4.79 Å². The van der Waals surface area contributed by atoms with Gasteiger partial charge < -0.3 is 14.5 Å². The van der Waals surface area contributed by atoms with Crippen LogP contribution in [0.4, 0.5) is 5.69 Å². The molecule has 0 aliphatic heterocycles. The molecule has 0 saturated heterocycles. The lowest BCUT2D eigenvalue weighted by Gasteiger charge is -2.08. The molecule has 144 valence electrons. The third-order valence-corrected chi connectivity index (χ3v) is 4.71. The molecular formula is C23H24N2O3. The number of nitrogens with zero attached hydrogens (tertiary/aromatic N) is 1. The van der Waals surface area contributed by atoms with Gasteiger partial charge >= 0.3 is 0 Å². The first kappa shape index (κ1) is 18.4. The summed E-state index contributed by atoms with van der Waals surface area (Å²) >= 11 is 0. The van der Waals surface area contributed by atoms with Gasteiger partial charge in [-0.05, 0) is 36.5 Å². The Morgan fingerprint density at radius 1 is 1.14 bits per heavy atom. The molecule has 28 heavy (non-hydrogen) atoms. The molecule has 1 aromatic heterocycles. The van der Waals surface area contributed by atoms with Crippen LogP contribution in [0.1, 0.15) is 30.7 Å². The van der Waals surface area contributed by atoms with E-state index in [1.165, 1.54) is 12.8 Å². The van der Waals surface area contributed by atoms with Gasteiger partial charge in [-0.3, -0.25) is 4.79 Å². The van der Waals surface area contributed by atoms with Crippen molar-refractivity contribution in [3.05, 3.63) is 72.2 Å². The number of aryl methyl sites for hydroxylation is 1. The van der Waals surface area contributed by atoms with Crippen molar-refractivity contribution in [2.45, 2.75) is 32.3 Å². The standard InChI is InChI=1S/C23H24N2O3/c26-22(11-12-23-24-14-21(28-23)19-6-2-1-3-7-19)25-20-8-4-5-18(13-20)16-27-15-17-9-10-17/h1-8,13-14,17H,9-12,15-16H2,(H,25,26). The van der Waals surface area contributed by atoms with Crippen LogP contribution in [0.3, 0.4) is 0 Å². The van der Waals surface area contributed by atoms with Gasteiger partial charge in [-0.1, -0.05) is 42.5 Å². The van der Waals surface area contributed by atoms with E-state index < -0.39 is 0 Å². The monoisotopic (exact) mass is 376 g/mol. The van der Waals surface area contributed by atoms with Gasteiger partial charge in [0.05, 0.1) is 12.8 Å². The predicted octanol–water partition coefficient (Wildman–Crippen LogP) is 4.84. The Labute approximate surface area is 164 Å². The third kappa shape index (κ3) is 5.30. The highest BCUT2D eigenvalue weighted by atomic mass is 16.5. The van der Waals surface area contributed by atoms with Gasteiger partial charge in [0.1, 0.15) is 0 Å². The molecule has 0 bridgehead atoms. The second-order valence-corrected chi connectivity index (χ2v) is 7.19. The summed E-state index contributed by atoms with van der Waals surface area (Å²) in [6.45, 7) is 1.41. The summed E-state index contributed by atoms with van der Waals surface area (Å²) in [5, 5.41) is 2.94. The molecule has 1 amide bonds. The van der Waals surface area contributed by atoms with Crippen LogP contribution in [-0.2, 0) is 22.6 Å². The number of carbonyl (C=O) groups excluding carboxylic acids is 1. The predicted molar refractivity (Wildman–Crippen MR) is 108 cm³/mol. The van der Waals surface area contributed by atoms with Gasteiger partial charge in [-0.15, -0.1) is 0 Å². The SMILES string of the molecule is O=C(CCc1ncc(-c2ccccc2)o1)Nc1cccc(COCC2CC2)c1. The molecule has 0 spiro atoms. The van der Waals surface area contributed by atoms with Crippen LogP contribution in [0, 0.1) is 5.92 Å². The van der Waals surface area contributed by atoms with Crippen LogP contribution < -0.4 is 5.32 Å². The van der Waals surface area contributed by atoms with Crippen LogP contribution in [0.5, 0.6) is 0 Å². The molecule has 0 unspecified atom stereocenters. The zero-order valence-corrected chi connectivity index (χ0v) is 15.8. The summed E-state index contributed by atoms with van der Waals surface area (Å²) in [6.07, 6.45) is 5.05. The highest BCUT2D eigenvalue weighted by Crippen LogP contribution is 2.29. The maximum atomic E-state index is 12.3. The molecular weight excluding hydrogens is 352 g/mol. The molecule has 0 radical (unpaired) electrons. The Bertz CT molecular complexity index is 916. The molecule has 0 atom stereocenters. The quantitative estimate of drug-likeness (QED) is 0.580. The molecule has 1 N–H and O–H groups in total. The van der Waals surface area contributed by atoms with Crippen molar-refractivity contribution in [1.29, 1.82) is 0 Å². The number of oxazole rings is 1. The Morgan fingerprint density at radius 3 is 2.82 bits per heavy atom. The largest absolute Gasteiger partial charge is 0.441 e. The fourth-order valence-electron chi connectivity index (χ4n) is 2.97. The van der Waals surface area contributed by atoms with Crippen molar-refractivity contribution >= 4 is 11.6 Å². The van der Waals surface area contributed by atoms with Gasteiger partial charge in [-0.25, -0.2) is 4.98 Å². The lowest BCUT2D eigenvalue weighted by Crippen LogP contribution is -2.12. The van der Waals surface area contributed by atoms with Crippen molar-refractivity contribution < 1.29 is 13.9 Å². The number of carbonyl (C=O) groups is 1. The molecule has 3 aromatic rings. The first-order chi connectivity index (χ1) is 13.8. The molecule has 1 saturated carbocycles. The van der Waals surface area contributed by atoms with Crippen LogP contribution in [0.2, 0.25) is 0 Å². The van der Waals surface area contributed by atoms with E-state index in [0.29, 0.717) is 25.3 Å². The second kappa shape index (κ2) is 8.85. The summed E-state index contributed by atoms with van der Waals surface area (Å²) in [7, 11) is 0. The van der Waals surface area contributed by atoms with E-state index in [1.807, 2.05) is 54.6 Å². The number of amides is 1. The van der Waals surface area contributed by atoms with Gasteiger partial charge in [0.25, 0.3) is 0 Å². The molecule has 1 heterocycles. The fourth-order valence-corrected chi connectivity index (χ4v) is 2.97. The summed E-state index contributed by atoms with van der Waals surface area (Å²) in [5.41, 5.74) is 2.83. The number of hydrogen-bond acceptors (Lipinski definition) is 4. The molecule has 2 aromatic carbocycles. The molecule has 1 aliphatic carbocycles. The maximum Gasteiger partial charge on any atom is 0.224 e. The minimum absolute atomic E-state index is 0.0597. The first-order valence-corrected chi connectivity index (χ1v) is 9.73. The lowest BCUT2D eigenvalue weighted by molar-refractivity contribution is -0.116. The smallest absolute Gasteiger partial charge is 0.224 e. The Hall–Kier alpha value is -2.92. The van der Waals surface area contributed by atoms with Crippen molar-refractivity contribution in [2.75, 3.05) is 11.9 Å². The van der Waals surface area contributed by atoms with Gasteiger partial charge in [-0.2, -0.15) is 0 Å². The van der Waals surface area contributed by atoms with Crippen molar-refractivity contribution in [3.63, 3.8) is 0 Å².